The molecule has 2 heterocycles. The Morgan fingerprint density at radius 1 is 1.47 bits per heavy atom. The summed E-state index contributed by atoms with van der Waals surface area (Å²) < 4.78 is 5.02. The normalized spacial score (nSPS) is 10.8. The molecule has 0 saturated carbocycles. The largest absolute Gasteiger partial charge is 0.339 e. The van der Waals surface area contributed by atoms with Gasteiger partial charge >= 0.3 is 0 Å². The van der Waals surface area contributed by atoms with Crippen molar-refractivity contribution in [3.63, 3.8) is 0 Å². The molecule has 0 aromatic carbocycles. The van der Waals surface area contributed by atoms with E-state index in [9.17, 15) is 0 Å². The highest BCUT2D eigenvalue weighted by molar-refractivity contribution is 7.09. The van der Waals surface area contributed by atoms with E-state index in [1.54, 1.807) is 11.3 Å². The maximum absolute atomic E-state index is 5.39. The fourth-order valence-electron chi connectivity index (χ4n) is 1.21. The molecule has 2 N–H and O–H groups in total. The first kappa shape index (κ1) is 10.3. The fraction of sp³-hybridized carbons (Fsp3) is 0.444. The molecule has 2 rings (SSSR count). The average molecular weight is 224 g/mol. The second-order valence-electron chi connectivity index (χ2n) is 3.20. The fourth-order valence-corrected chi connectivity index (χ4v) is 1.97. The summed E-state index contributed by atoms with van der Waals surface area (Å²) >= 11 is 1.61. The van der Waals surface area contributed by atoms with E-state index in [1.165, 1.54) is 0 Å². The third kappa shape index (κ3) is 2.60. The van der Waals surface area contributed by atoms with Crippen molar-refractivity contribution in [1.82, 2.24) is 15.1 Å². The minimum atomic E-state index is 0.526. The minimum absolute atomic E-state index is 0.526. The zero-order valence-corrected chi connectivity index (χ0v) is 9.25. The number of nitrogens with zero attached hydrogens (tertiary/aromatic N) is 3. The van der Waals surface area contributed by atoms with Crippen LogP contribution in [0.5, 0.6) is 0 Å². The van der Waals surface area contributed by atoms with Gasteiger partial charge < -0.3 is 10.3 Å². The van der Waals surface area contributed by atoms with Crippen molar-refractivity contribution in [1.29, 1.82) is 0 Å². The molecule has 0 radical (unpaired) electrons. The third-order valence-electron chi connectivity index (χ3n) is 1.84. The molecule has 0 amide bonds. The summed E-state index contributed by atoms with van der Waals surface area (Å²) in [6, 6.07) is 0. The van der Waals surface area contributed by atoms with Gasteiger partial charge in [-0.2, -0.15) is 4.98 Å². The van der Waals surface area contributed by atoms with E-state index < -0.39 is 0 Å². The van der Waals surface area contributed by atoms with E-state index in [-0.39, 0.29) is 0 Å². The van der Waals surface area contributed by atoms with E-state index in [0.29, 0.717) is 31.1 Å². The van der Waals surface area contributed by atoms with Crippen molar-refractivity contribution < 1.29 is 4.52 Å². The summed E-state index contributed by atoms with van der Waals surface area (Å²) in [5, 5.41) is 6.88. The van der Waals surface area contributed by atoms with Crippen LogP contribution in [0.3, 0.4) is 0 Å². The minimum Gasteiger partial charge on any atom is -0.339 e. The van der Waals surface area contributed by atoms with Crippen LogP contribution in [0.4, 0.5) is 0 Å². The van der Waals surface area contributed by atoms with Gasteiger partial charge in [-0.15, -0.1) is 11.3 Å². The van der Waals surface area contributed by atoms with Crippen LogP contribution in [0.25, 0.3) is 0 Å². The molecule has 0 atom stereocenters. The molecule has 0 saturated heterocycles. The molecule has 0 aliphatic carbocycles. The highest BCUT2D eigenvalue weighted by Gasteiger charge is 2.08. The van der Waals surface area contributed by atoms with Gasteiger partial charge in [-0.05, 0) is 6.92 Å². The van der Waals surface area contributed by atoms with E-state index in [1.807, 2.05) is 12.3 Å². The Morgan fingerprint density at radius 3 is 3.00 bits per heavy atom. The molecule has 0 unspecified atom stereocenters. The van der Waals surface area contributed by atoms with Gasteiger partial charge in [0.2, 0.25) is 5.89 Å². The Balaban J connectivity index is 2.04. The van der Waals surface area contributed by atoms with Gasteiger partial charge in [0, 0.05) is 24.0 Å². The lowest BCUT2D eigenvalue weighted by atomic mass is 10.4. The topological polar surface area (TPSA) is 77.8 Å². The number of hydrogen-bond donors (Lipinski definition) is 1. The quantitative estimate of drug-likeness (QED) is 0.835. The molecule has 0 aliphatic rings. The van der Waals surface area contributed by atoms with E-state index in [2.05, 4.69) is 15.1 Å². The van der Waals surface area contributed by atoms with Crippen LogP contribution in [0, 0.1) is 6.92 Å². The Morgan fingerprint density at radius 2 is 2.33 bits per heavy atom. The lowest BCUT2D eigenvalue weighted by Crippen LogP contribution is -2.02. The van der Waals surface area contributed by atoms with Crippen molar-refractivity contribution in [3.8, 4) is 0 Å². The summed E-state index contributed by atoms with van der Waals surface area (Å²) in [6.45, 7) is 2.49. The number of hydrogen-bond acceptors (Lipinski definition) is 6. The number of rotatable bonds is 4. The Kier molecular flexibility index (Phi) is 3.08. The van der Waals surface area contributed by atoms with Crippen molar-refractivity contribution in [2.45, 2.75) is 19.8 Å². The Hall–Kier alpha value is -1.27. The van der Waals surface area contributed by atoms with Crippen molar-refractivity contribution >= 4 is 11.3 Å². The SMILES string of the molecule is Cc1csc(Cc2noc(CCN)n2)n1. The summed E-state index contributed by atoms with van der Waals surface area (Å²) in [5.74, 6) is 1.27. The number of thiazole rings is 1. The van der Waals surface area contributed by atoms with Crippen LogP contribution >= 0.6 is 11.3 Å². The Labute approximate surface area is 91.3 Å². The van der Waals surface area contributed by atoms with Gasteiger partial charge in [0.15, 0.2) is 5.82 Å². The van der Waals surface area contributed by atoms with Crippen LogP contribution in [0.15, 0.2) is 9.90 Å². The number of aryl methyl sites for hydroxylation is 1. The predicted molar refractivity (Wildman–Crippen MR) is 56.7 cm³/mol. The number of aromatic nitrogens is 3. The molecule has 0 spiro atoms. The molecule has 0 aliphatic heterocycles. The molecule has 2 aromatic heterocycles. The highest BCUT2D eigenvalue weighted by atomic mass is 32.1. The second-order valence-corrected chi connectivity index (χ2v) is 4.15. The second kappa shape index (κ2) is 4.50. The summed E-state index contributed by atoms with van der Waals surface area (Å²) in [5.41, 5.74) is 6.42. The molecule has 15 heavy (non-hydrogen) atoms. The van der Waals surface area contributed by atoms with Gasteiger partial charge in [0.25, 0.3) is 0 Å². The molecular weight excluding hydrogens is 212 g/mol. The van der Waals surface area contributed by atoms with Crippen LogP contribution in [-0.4, -0.2) is 21.7 Å². The monoisotopic (exact) mass is 224 g/mol. The van der Waals surface area contributed by atoms with Crippen molar-refractivity contribution in [2.24, 2.45) is 5.73 Å². The van der Waals surface area contributed by atoms with Crippen molar-refractivity contribution in [2.75, 3.05) is 6.54 Å². The van der Waals surface area contributed by atoms with Gasteiger partial charge in [0.05, 0.1) is 6.42 Å². The molecule has 0 fully saturated rings. The molecule has 80 valence electrons. The van der Waals surface area contributed by atoms with E-state index in [0.717, 1.165) is 10.7 Å². The van der Waals surface area contributed by atoms with Crippen molar-refractivity contribution in [3.05, 3.63) is 27.8 Å². The van der Waals surface area contributed by atoms with Gasteiger partial charge in [-0.25, -0.2) is 4.98 Å². The maximum atomic E-state index is 5.39. The van der Waals surface area contributed by atoms with Crippen LogP contribution in [-0.2, 0) is 12.8 Å². The lowest BCUT2D eigenvalue weighted by molar-refractivity contribution is 0.375. The zero-order chi connectivity index (χ0) is 10.7. The highest BCUT2D eigenvalue weighted by Crippen LogP contribution is 2.12. The average Bonchev–Trinajstić information content (AvgIpc) is 2.78. The summed E-state index contributed by atoms with van der Waals surface area (Å²) in [4.78, 5) is 8.55. The molecule has 0 bridgehead atoms. The van der Waals surface area contributed by atoms with E-state index in [4.69, 9.17) is 10.3 Å². The van der Waals surface area contributed by atoms with Crippen LogP contribution < -0.4 is 5.73 Å². The van der Waals surface area contributed by atoms with Gasteiger partial charge in [-0.3, -0.25) is 0 Å². The van der Waals surface area contributed by atoms with Gasteiger partial charge in [-0.1, -0.05) is 5.16 Å². The molecule has 6 heteroatoms. The first-order valence-electron chi connectivity index (χ1n) is 4.70. The van der Waals surface area contributed by atoms with E-state index >= 15 is 0 Å². The maximum Gasteiger partial charge on any atom is 0.227 e. The lowest BCUT2D eigenvalue weighted by Gasteiger charge is -1.87. The smallest absolute Gasteiger partial charge is 0.227 e. The number of nitrogens with two attached hydrogens (primary N) is 1. The van der Waals surface area contributed by atoms with Crippen LogP contribution in [0.1, 0.15) is 22.4 Å². The Bertz CT molecular complexity index is 437. The van der Waals surface area contributed by atoms with Gasteiger partial charge in [0.1, 0.15) is 5.01 Å². The predicted octanol–water partition coefficient (Wildman–Crippen LogP) is 0.927. The molecule has 2 aromatic rings. The summed E-state index contributed by atoms with van der Waals surface area (Å²) in [7, 11) is 0. The molecular formula is C9H12N4OS. The molecule has 5 nitrogen and oxygen atoms in total. The summed E-state index contributed by atoms with van der Waals surface area (Å²) in [6.07, 6.45) is 1.26. The third-order valence-corrected chi connectivity index (χ3v) is 2.81. The van der Waals surface area contributed by atoms with Crippen LogP contribution in [0.2, 0.25) is 0 Å². The standard InChI is InChI=1S/C9H12N4OS/c1-6-5-15-9(11-6)4-7-12-8(2-3-10)14-13-7/h5H,2-4,10H2,1H3. The first-order chi connectivity index (χ1) is 7.28. The zero-order valence-electron chi connectivity index (χ0n) is 8.43. The first-order valence-corrected chi connectivity index (χ1v) is 5.58.